The van der Waals surface area contributed by atoms with Crippen LogP contribution in [0.2, 0.25) is 0 Å². The summed E-state index contributed by atoms with van der Waals surface area (Å²) in [5, 5.41) is 0. The molecule has 1 nitrogen and oxygen atoms in total. The van der Waals surface area contributed by atoms with Gasteiger partial charge in [-0.2, -0.15) is 13.2 Å². The Kier molecular flexibility index (Phi) is 4.32. The second kappa shape index (κ2) is 4.48. The average molecular weight is 178 g/mol. The third-order valence-corrected chi connectivity index (χ3v) is 0.774. The van der Waals surface area contributed by atoms with E-state index in [1.54, 1.807) is 0 Å². The lowest BCUT2D eigenvalue weighted by Crippen LogP contribution is -2.13. The predicted octanol–water partition coefficient (Wildman–Crippen LogP) is 2.22. The van der Waals surface area contributed by atoms with Crippen LogP contribution in [0.15, 0.2) is 0 Å². The summed E-state index contributed by atoms with van der Waals surface area (Å²) in [7, 11) is 0. The molecule has 0 aliphatic heterocycles. The first kappa shape index (κ1) is 10.6. The fourth-order valence-corrected chi connectivity index (χ4v) is 0.360. The summed E-state index contributed by atoms with van der Waals surface area (Å²) in [6.07, 6.45) is -8.22. The van der Waals surface area contributed by atoms with Gasteiger partial charge in [0, 0.05) is 0 Å². The molecule has 0 aromatic heterocycles. The Hall–Kier alpha value is -0.390. The van der Waals surface area contributed by atoms with E-state index in [2.05, 4.69) is 4.74 Å². The molecule has 0 rings (SSSR count). The Morgan fingerprint density at radius 2 is 1.73 bits per heavy atom. The van der Waals surface area contributed by atoms with Gasteiger partial charge in [0.25, 0.3) is 6.43 Å². The quantitative estimate of drug-likeness (QED) is 0.473. The maximum atomic E-state index is 11.3. The lowest BCUT2D eigenvalue weighted by molar-refractivity contribution is -0.147. The molecule has 0 saturated heterocycles. The van der Waals surface area contributed by atoms with Crippen molar-refractivity contribution in [2.45, 2.75) is 19.0 Å². The Balaban J connectivity index is 3.15. The van der Waals surface area contributed by atoms with Crippen LogP contribution < -0.4 is 0 Å². The van der Waals surface area contributed by atoms with E-state index in [4.69, 9.17) is 0 Å². The molecule has 68 valence electrons. The molecular formula is C5H7F5O. The summed E-state index contributed by atoms with van der Waals surface area (Å²) in [4.78, 5) is 0. The Morgan fingerprint density at radius 3 is 2.09 bits per heavy atom. The van der Waals surface area contributed by atoms with E-state index in [1.807, 2.05) is 0 Å². The minimum Gasteiger partial charge on any atom is -0.375 e. The van der Waals surface area contributed by atoms with Gasteiger partial charge in [-0.05, 0) is 0 Å². The second-order valence-electron chi connectivity index (χ2n) is 1.83. The monoisotopic (exact) mass is 178 g/mol. The van der Waals surface area contributed by atoms with E-state index in [9.17, 15) is 22.0 Å². The predicted molar refractivity (Wildman–Crippen MR) is 27.5 cm³/mol. The third kappa shape index (κ3) is 9.61. The van der Waals surface area contributed by atoms with Crippen LogP contribution in [0.25, 0.3) is 0 Å². The SMILES string of the molecule is FC(F)COCCC(F)(F)F. The van der Waals surface area contributed by atoms with Crippen molar-refractivity contribution in [3.05, 3.63) is 0 Å². The Morgan fingerprint density at radius 1 is 1.18 bits per heavy atom. The number of rotatable bonds is 4. The third-order valence-electron chi connectivity index (χ3n) is 0.774. The zero-order valence-electron chi connectivity index (χ0n) is 5.50. The molecule has 0 fully saturated rings. The zero-order valence-corrected chi connectivity index (χ0v) is 5.50. The molecular weight excluding hydrogens is 171 g/mol. The molecule has 0 saturated carbocycles. The van der Waals surface area contributed by atoms with Crippen LogP contribution in [0.4, 0.5) is 22.0 Å². The first-order valence-corrected chi connectivity index (χ1v) is 2.84. The molecule has 0 spiro atoms. The minimum atomic E-state index is -4.33. The normalized spacial score (nSPS) is 12.5. The van der Waals surface area contributed by atoms with Gasteiger partial charge in [0.15, 0.2) is 0 Å². The molecule has 0 radical (unpaired) electrons. The van der Waals surface area contributed by atoms with Crippen molar-refractivity contribution >= 4 is 0 Å². The molecule has 0 aromatic rings. The summed E-state index contributed by atoms with van der Waals surface area (Å²) < 4.78 is 60.4. The van der Waals surface area contributed by atoms with E-state index >= 15 is 0 Å². The summed E-state index contributed by atoms with van der Waals surface area (Å²) in [6, 6.07) is 0. The fourth-order valence-electron chi connectivity index (χ4n) is 0.360. The Bertz CT molecular complexity index is 99.5. The molecule has 0 aliphatic rings. The van der Waals surface area contributed by atoms with Gasteiger partial charge in [-0.15, -0.1) is 0 Å². The average Bonchev–Trinajstić information content (AvgIpc) is 1.78. The summed E-state index contributed by atoms with van der Waals surface area (Å²) in [5.74, 6) is 0. The molecule has 0 amide bonds. The summed E-state index contributed by atoms with van der Waals surface area (Å²) >= 11 is 0. The van der Waals surface area contributed by atoms with E-state index < -0.39 is 32.2 Å². The molecule has 0 aliphatic carbocycles. The van der Waals surface area contributed by atoms with Crippen molar-refractivity contribution in [1.29, 1.82) is 0 Å². The summed E-state index contributed by atoms with van der Waals surface area (Å²) in [6.45, 7) is -1.63. The van der Waals surface area contributed by atoms with Gasteiger partial charge in [0.05, 0.1) is 13.0 Å². The first-order chi connectivity index (χ1) is 4.92. The maximum absolute atomic E-state index is 11.3. The lowest BCUT2D eigenvalue weighted by Gasteiger charge is -2.05. The van der Waals surface area contributed by atoms with Crippen LogP contribution >= 0.6 is 0 Å². The van der Waals surface area contributed by atoms with Crippen molar-refractivity contribution in [3.63, 3.8) is 0 Å². The molecule has 6 heteroatoms. The molecule has 11 heavy (non-hydrogen) atoms. The molecule has 0 N–H and O–H groups in total. The fraction of sp³-hybridized carbons (Fsp3) is 1.00. The molecule has 0 aromatic carbocycles. The highest BCUT2D eigenvalue weighted by Gasteiger charge is 2.26. The molecule has 0 bridgehead atoms. The van der Waals surface area contributed by atoms with E-state index in [0.717, 1.165) is 0 Å². The second-order valence-corrected chi connectivity index (χ2v) is 1.83. The topological polar surface area (TPSA) is 9.23 Å². The number of alkyl halides is 5. The van der Waals surface area contributed by atoms with Crippen molar-refractivity contribution in [2.24, 2.45) is 0 Å². The Labute approximate surface area is 60.1 Å². The number of hydrogen-bond donors (Lipinski definition) is 0. The van der Waals surface area contributed by atoms with Gasteiger partial charge in [0.2, 0.25) is 0 Å². The van der Waals surface area contributed by atoms with Crippen LogP contribution in [0.3, 0.4) is 0 Å². The van der Waals surface area contributed by atoms with Crippen LogP contribution in [-0.4, -0.2) is 25.8 Å². The van der Waals surface area contributed by atoms with E-state index in [1.165, 1.54) is 0 Å². The van der Waals surface area contributed by atoms with Crippen LogP contribution in [0.1, 0.15) is 6.42 Å². The molecule has 0 unspecified atom stereocenters. The van der Waals surface area contributed by atoms with E-state index in [0.29, 0.717) is 0 Å². The van der Waals surface area contributed by atoms with Crippen LogP contribution in [-0.2, 0) is 4.74 Å². The van der Waals surface area contributed by atoms with Gasteiger partial charge in [-0.25, -0.2) is 8.78 Å². The largest absolute Gasteiger partial charge is 0.391 e. The van der Waals surface area contributed by atoms with Gasteiger partial charge in [-0.3, -0.25) is 0 Å². The van der Waals surface area contributed by atoms with Crippen molar-refractivity contribution in [2.75, 3.05) is 13.2 Å². The molecule has 0 heterocycles. The standard InChI is InChI=1S/C5H7F5O/c6-4(7)3-11-2-1-5(8,9)10/h4H,1-3H2. The highest BCUT2D eigenvalue weighted by atomic mass is 19.4. The lowest BCUT2D eigenvalue weighted by atomic mass is 10.4. The highest BCUT2D eigenvalue weighted by Crippen LogP contribution is 2.18. The number of hydrogen-bond acceptors (Lipinski definition) is 1. The zero-order chi connectivity index (χ0) is 8.91. The van der Waals surface area contributed by atoms with Gasteiger partial charge >= 0.3 is 6.18 Å². The molecule has 0 atom stereocenters. The van der Waals surface area contributed by atoms with Crippen LogP contribution in [0.5, 0.6) is 0 Å². The summed E-state index contributed by atoms with van der Waals surface area (Å²) in [5.41, 5.74) is 0. The highest BCUT2D eigenvalue weighted by molar-refractivity contribution is 4.48. The van der Waals surface area contributed by atoms with Crippen LogP contribution in [0, 0.1) is 0 Å². The van der Waals surface area contributed by atoms with Gasteiger partial charge < -0.3 is 4.74 Å². The van der Waals surface area contributed by atoms with Gasteiger partial charge in [0.1, 0.15) is 6.61 Å². The first-order valence-electron chi connectivity index (χ1n) is 2.84. The van der Waals surface area contributed by atoms with E-state index in [-0.39, 0.29) is 0 Å². The van der Waals surface area contributed by atoms with Crippen molar-refractivity contribution in [1.82, 2.24) is 0 Å². The van der Waals surface area contributed by atoms with Crippen molar-refractivity contribution < 1.29 is 26.7 Å². The van der Waals surface area contributed by atoms with Crippen molar-refractivity contribution in [3.8, 4) is 0 Å². The maximum Gasteiger partial charge on any atom is 0.391 e. The van der Waals surface area contributed by atoms with Gasteiger partial charge in [-0.1, -0.05) is 0 Å². The minimum absolute atomic E-state index is 0.701. The number of ether oxygens (including phenoxy) is 1. The smallest absolute Gasteiger partial charge is 0.375 e. The number of halogens is 5.